The number of unbranched alkanes of at least 4 members (excludes halogenated alkanes) is 9. The normalized spacial score (nSPS) is 11.0. The summed E-state index contributed by atoms with van der Waals surface area (Å²) < 4.78 is 5.84. The fourth-order valence-corrected chi connectivity index (χ4v) is 4.28. The van der Waals surface area contributed by atoms with E-state index in [0.717, 1.165) is 24.0 Å². The zero-order valence-electron chi connectivity index (χ0n) is 19.0. The first-order chi connectivity index (χ1) is 15.4. The Labute approximate surface area is 202 Å². The van der Waals surface area contributed by atoms with E-state index in [1.165, 1.54) is 51.4 Å². The number of halogens is 2. The summed E-state index contributed by atoms with van der Waals surface area (Å²) in [5.41, 5.74) is 7.53. The van der Waals surface area contributed by atoms with Crippen LogP contribution < -0.4 is 10.5 Å². The minimum absolute atomic E-state index is 0.150. The van der Waals surface area contributed by atoms with Gasteiger partial charge < -0.3 is 15.6 Å². The van der Waals surface area contributed by atoms with Crippen LogP contribution in [-0.2, 0) is 6.42 Å². The van der Waals surface area contributed by atoms with E-state index in [2.05, 4.69) is 6.92 Å². The second kappa shape index (κ2) is 14.3. The molecule has 6 heteroatoms. The third kappa shape index (κ3) is 8.91. The number of carbonyl (C=O) groups is 1. The molecule has 1 amide bonds. The minimum atomic E-state index is -0.514. The summed E-state index contributed by atoms with van der Waals surface area (Å²) in [5.74, 6) is -0.0245. The number of amides is 1. The van der Waals surface area contributed by atoms with Crippen molar-refractivity contribution in [1.82, 2.24) is 0 Å². The van der Waals surface area contributed by atoms with Gasteiger partial charge in [-0.3, -0.25) is 4.79 Å². The van der Waals surface area contributed by atoms with Crippen LogP contribution in [0.25, 0.3) is 0 Å². The van der Waals surface area contributed by atoms with Crippen LogP contribution in [0.15, 0.2) is 30.3 Å². The molecule has 0 bridgehead atoms. The van der Waals surface area contributed by atoms with E-state index in [-0.39, 0.29) is 15.8 Å². The first-order valence-electron chi connectivity index (χ1n) is 11.6. The molecule has 0 saturated carbocycles. The molecule has 0 radical (unpaired) electrons. The lowest BCUT2D eigenvalue weighted by atomic mass is 9.99. The van der Waals surface area contributed by atoms with Crippen molar-refractivity contribution in [3.8, 4) is 11.5 Å². The summed E-state index contributed by atoms with van der Waals surface area (Å²) in [5, 5.41) is 10.1. The van der Waals surface area contributed by atoms with Crippen LogP contribution >= 0.6 is 23.2 Å². The van der Waals surface area contributed by atoms with Gasteiger partial charge in [0.05, 0.1) is 16.7 Å². The first-order valence-corrected chi connectivity index (χ1v) is 12.4. The number of rotatable bonds is 15. The number of ether oxygens (including phenoxy) is 1. The van der Waals surface area contributed by atoms with Gasteiger partial charge in [0.25, 0.3) is 0 Å². The highest BCUT2D eigenvalue weighted by molar-refractivity contribution is 6.37. The number of phenolic OH excluding ortho intramolecular Hbond substituents is 1. The molecule has 0 aliphatic heterocycles. The third-order valence-corrected chi connectivity index (χ3v) is 6.16. The fourth-order valence-electron chi connectivity index (χ4n) is 3.75. The zero-order valence-corrected chi connectivity index (χ0v) is 20.5. The largest absolute Gasteiger partial charge is 0.505 e. The van der Waals surface area contributed by atoms with E-state index < -0.39 is 5.91 Å². The van der Waals surface area contributed by atoms with Crippen molar-refractivity contribution in [3.63, 3.8) is 0 Å². The Balaban J connectivity index is 1.80. The quantitative estimate of drug-likeness (QED) is 0.257. The molecule has 0 unspecified atom stereocenters. The lowest BCUT2D eigenvalue weighted by Crippen LogP contribution is -2.14. The Hall–Kier alpha value is -1.91. The van der Waals surface area contributed by atoms with Crippen molar-refractivity contribution in [2.24, 2.45) is 5.73 Å². The van der Waals surface area contributed by atoms with Gasteiger partial charge in [0.2, 0.25) is 5.91 Å². The van der Waals surface area contributed by atoms with Gasteiger partial charge in [-0.25, -0.2) is 0 Å². The summed E-state index contributed by atoms with van der Waals surface area (Å²) in [6.45, 7) is 2.87. The second-order valence-corrected chi connectivity index (χ2v) is 9.11. The first kappa shape index (κ1) is 26.3. The number of aromatic hydroxyl groups is 1. The average Bonchev–Trinajstić information content (AvgIpc) is 2.76. The van der Waals surface area contributed by atoms with Crippen LogP contribution in [-0.4, -0.2) is 17.6 Å². The fraction of sp³-hybridized carbons (Fsp3) is 0.500. The Kier molecular flexibility index (Phi) is 11.8. The van der Waals surface area contributed by atoms with Gasteiger partial charge in [-0.15, -0.1) is 0 Å². The molecule has 0 aliphatic carbocycles. The number of phenols is 1. The highest BCUT2D eigenvalue weighted by atomic mass is 35.5. The Morgan fingerprint density at radius 3 is 2.03 bits per heavy atom. The van der Waals surface area contributed by atoms with Gasteiger partial charge in [-0.1, -0.05) is 94.0 Å². The van der Waals surface area contributed by atoms with Crippen LogP contribution in [0.5, 0.6) is 11.5 Å². The molecule has 4 nitrogen and oxygen atoms in total. The highest BCUT2D eigenvalue weighted by Crippen LogP contribution is 2.34. The molecular weight excluding hydrogens is 445 g/mol. The number of nitrogens with two attached hydrogens (primary N) is 1. The molecule has 2 aromatic rings. The molecular formula is C26H35Cl2NO3. The van der Waals surface area contributed by atoms with Crippen LogP contribution in [0.3, 0.4) is 0 Å². The van der Waals surface area contributed by atoms with Gasteiger partial charge in [-0.05, 0) is 48.2 Å². The van der Waals surface area contributed by atoms with Gasteiger partial charge in [0, 0.05) is 5.56 Å². The molecule has 0 fully saturated rings. The van der Waals surface area contributed by atoms with E-state index >= 15 is 0 Å². The Morgan fingerprint density at radius 1 is 0.906 bits per heavy atom. The molecule has 0 atom stereocenters. The molecule has 0 aliphatic rings. The lowest BCUT2D eigenvalue weighted by Gasteiger charge is -2.12. The SMILES string of the molecule is CCCCCCCCCCCCOc1ccc(Cc2cc(Cl)c(O)c(Cl)c2)c(C(N)=O)c1. The molecule has 0 saturated heterocycles. The predicted octanol–water partition coefficient (Wildman–Crippen LogP) is 7.69. The van der Waals surface area contributed by atoms with Crippen molar-refractivity contribution in [2.45, 2.75) is 77.6 Å². The summed E-state index contributed by atoms with van der Waals surface area (Å²) in [6.07, 6.45) is 13.1. The lowest BCUT2D eigenvalue weighted by molar-refractivity contribution is 0.0999. The maximum absolute atomic E-state index is 12.0. The highest BCUT2D eigenvalue weighted by Gasteiger charge is 2.13. The maximum atomic E-state index is 12.0. The van der Waals surface area contributed by atoms with Gasteiger partial charge in [0.1, 0.15) is 5.75 Å². The van der Waals surface area contributed by atoms with Crippen LogP contribution in [0.2, 0.25) is 10.0 Å². The van der Waals surface area contributed by atoms with Crippen LogP contribution in [0.4, 0.5) is 0 Å². The summed E-state index contributed by atoms with van der Waals surface area (Å²) in [7, 11) is 0. The number of carbonyl (C=O) groups excluding carboxylic acids is 1. The van der Waals surface area contributed by atoms with E-state index in [0.29, 0.717) is 24.3 Å². The molecule has 2 aromatic carbocycles. The molecule has 2 rings (SSSR count). The van der Waals surface area contributed by atoms with Crippen LogP contribution in [0, 0.1) is 0 Å². The van der Waals surface area contributed by atoms with Gasteiger partial charge in [-0.2, -0.15) is 0 Å². The molecule has 0 heterocycles. The third-order valence-electron chi connectivity index (χ3n) is 5.58. The summed E-state index contributed by atoms with van der Waals surface area (Å²) >= 11 is 12.0. The number of hydrogen-bond donors (Lipinski definition) is 2. The summed E-state index contributed by atoms with van der Waals surface area (Å²) in [4.78, 5) is 12.0. The Morgan fingerprint density at radius 2 is 1.47 bits per heavy atom. The van der Waals surface area contributed by atoms with Crippen molar-refractivity contribution < 1.29 is 14.6 Å². The van der Waals surface area contributed by atoms with E-state index in [4.69, 9.17) is 33.7 Å². The Bertz CT molecular complexity index is 847. The molecule has 176 valence electrons. The minimum Gasteiger partial charge on any atom is -0.505 e. The van der Waals surface area contributed by atoms with Crippen molar-refractivity contribution >= 4 is 29.1 Å². The van der Waals surface area contributed by atoms with Crippen molar-refractivity contribution in [3.05, 3.63) is 57.1 Å². The molecule has 0 aromatic heterocycles. The van der Waals surface area contributed by atoms with Gasteiger partial charge >= 0.3 is 0 Å². The maximum Gasteiger partial charge on any atom is 0.249 e. The van der Waals surface area contributed by atoms with E-state index in [1.54, 1.807) is 18.2 Å². The van der Waals surface area contributed by atoms with Crippen LogP contribution in [0.1, 0.15) is 92.6 Å². The monoisotopic (exact) mass is 479 g/mol. The number of primary amides is 1. The van der Waals surface area contributed by atoms with Gasteiger partial charge in [0.15, 0.2) is 5.75 Å². The number of benzene rings is 2. The molecule has 32 heavy (non-hydrogen) atoms. The number of hydrogen-bond acceptors (Lipinski definition) is 3. The zero-order chi connectivity index (χ0) is 23.3. The smallest absolute Gasteiger partial charge is 0.249 e. The molecule has 0 spiro atoms. The second-order valence-electron chi connectivity index (χ2n) is 8.30. The van der Waals surface area contributed by atoms with E-state index in [9.17, 15) is 9.90 Å². The average molecular weight is 480 g/mol. The standard InChI is InChI=1S/C26H35Cl2NO3/c1-2-3-4-5-6-7-8-9-10-11-14-32-21-13-12-20(22(18-21)26(29)31)15-19-16-23(27)25(30)24(28)17-19/h12-13,16-18,30H,2-11,14-15H2,1H3,(H2,29,31). The van der Waals surface area contributed by atoms with Crippen molar-refractivity contribution in [2.75, 3.05) is 6.61 Å². The van der Waals surface area contributed by atoms with Crippen molar-refractivity contribution in [1.29, 1.82) is 0 Å². The van der Waals surface area contributed by atoms with E-state index in [1.807, 2.05) is 12.1 Å². The predicted molar refractivity (Wildman–Crippen MR) is 133 cm³/mol. The summed E-state index contributed by atoms with van der Waals surface area (Å²) in [6, 6.07) is 8.63. The topological polar surface area (TPSA) is 72.6 Å². The molecule has 3 N–H and O–H groups in total.